The Hall–Kier alpha value is -3.68. The molecule has 162 valence electrons. The number of carbonyl (C=O) groups is 4. The number of esters is 1. The lowest BCUT2D eigenvalue weighted by atomic mass is 10.1. The van der Waals surface area contributed by atoms with Crippen LogP contribution >= 0.6 is 0 Å². The molecule has 2 aromatic rings. The van der Waals surface area contributed by atoms with E-state index in [4.69, 9.17) is 9.47 Å². The maximum Gasteiger partial charge on any atom is 0.338 e. The second-order valence-electron chi connectivity index (χ2n) is 8.01. The molecule has 2 aromatic carbocycles. The van der Waals surface area contributed by atoms with Gasteiger partial charge in [0, 0.05) is 5.54 Å². The highest BCUT2D eigenvalue weighted by atomic mass is 16.5. The molecule has 1 N–H and O–H groups in total. The summed E-state index contributed by atoms with van der Waals surface area (Å²) in [7, 11) is 0. The summed E-state index contributed by atoms with van der Waals surface area (Å²) in [5.41, 5.74) is 0.330. The minimum atomic E-state index is -0.758. The van der Waals surface area contributed by atoms with Crippen LogP contribution in [0.1, 0.15) is 58.8 Å². The van der Waals surface area contributed by atoms with Crippen LogP contribution in [-0.4, -0.2) is 42.4 Å². The van der Waals surface area contributed by atoms with Crippen LogP contribution in [0.15, 0.2) is 42.5 Å². The van der Waals surface area contributed by atoms with Crippen LogP contribution in [0, 0.1) is 0 Å². The Morgan fingerprint density at radius 1 is 0.968 bits per heavy atom. The SMILES string of the molecule is CCOc1ccc(N2C(=O)c3ccc(C(=O)OCC(=O)NC(C)(C)C)cc3C2=O)cc1. The molecule has 0 aliphatic carbocycles. The Balaban J connectivity index is 1.75. The molecule has 1 aliphatic heterocycles. The summed E-state index contributed by atoms with van der Waals surface area (Å²) < 4.78 is 10.4. The lowest BCUT2D eigenvalue weighted by Crippen LogP contribution is -2.42. The third-order valence-corrected chi connectivity index (χ3v) is 4.38. The van der Waals surface area contributed by atoms with Crippen molar-refractivity contribution in [2.75, 3.05) is 18.1 Å². The quantitative estimate of drug-likeness (QED) is 0.565. The average molecular weight is 424 g/mol. The molecular formula is C23H24N2O6. The van der Waals surface area contributed by atoms with Crippen molar-refractivity contribution in [2.45, 2.75) is 33.2 Å². The van der Waals surface area contributed by atoms with Gasteiger partial charge in [0.2, 0.25) is 0 Å². The van der Waals surface area contributed by atoms with E-state index in [1.165, 1.54) is 18.2 Å². The first-order valence-electron chi connectivity index (χ1n) is 9.84. The Morgan fingerprint density at radius 3 is 2.23 bits per heavy atom. The fourth-order valence-electron chi connectivity index (χ4n) is 3.13. The third-order valence-electron chi connectivity index (χ3n) is 4.38. The highest BCUT2D eigenvalue weighted by Crippen LogP contribution is 2.30. The highest BCUT2D eigenvalue weighted by molar-refractivity contribution is 6.34. The summed E-state index contributed by atoms with van der Waals surface area (Å²) in [6.07, 6.45) is 0. The zero-order valence-corrected chi connectivity index (χ0v) is 17.9. The Morgan fingerprint density at radius 2 is 1.61 bits per heavy atom. The van der Waals surface area contributed by atoms with E-state index in [9.17, 15) is 19.2 Å². The van der Waals surface area contributed by atoms with E-state index in [-0.39, 0.29) is 16.7 Å². The van der Waals surface area contributed by atoms with Crippen molar-refractivity contribution in [1.82, 2.24) is 5.32 Å². The van der Waals surface area contributed by atoms with Gasteiger partial charge < -0.3 is 14.8 Å². The Labute approximate surface area is 180 Å². The van der Waals surface area contributed by atoms with Gasteiger partial charge in [-0.05, 0) is 70.2 Å². The third kappa shape index (κ3) is 4.91. The molecule has 0 saturated heterocycles. The van der Waals surface area contributed by atoms with Crippen LogP contribution < -0.4 is 15.0 Å². The summed E-state index contributed by atoms with van der Waals surface area (Å²) in [4.78, 5) is 50.8. The molecule has 3 amide bonds. The monoisotopic (exact) mass is 424 g/mol. The Kier molecular flexibility index (Phi) is 6.10. The number of hydrogen-bond acceptors (Lipinski definition) is 6. The van der Waals surface area contributed by atoms with Gasteiger partial charge in [-0.3, -0.25) is 14.4 Å². The second kappa shape index (κ2) is 8.59. The first-order valence-corrected chi connectivity index (χ1v) is 9.84. The van der Waals surface area contributed by atoms with Gasteiger partial charge in [0.25, 0.3) is 17.7 Å². The number of ether oxygens (including phenoxy) is 2. The number of imide groups is 1. The second-order valence-corrected chi connectivity index (χ2v) is 8.01. The van der Waals surface area contributed by atoms with Crippen molar-refractivity contribution in [3.63, 3.8) is 0 Å². The van der Waals surface area contributed by atoms with E-state index in [1.807, 2.05) is 27.7 Å². The fraction of sp³-hybridized carbons (Fsp3) is 0.304. The zero-order valence-electron chi connectivity index (χ0n) is 17.9. The molecule has 0 radical (unpaired) electrons. The average Bonchev–Trinajstić information content (AvgIpc) is 2.96. The summed E-state index contributed by atoms with van der Waals surface area (Å²) in [6.45, 7) is 7.35. The molecule has 31 heavy (non-hydrogen) atoms. The van der Waals surface area contributed by atoms with E-state index < -0.39 is 35.8 Å². The molecule has 0 fully saturated rings. The number of hydrogen-bond donors (Lipinski definition) is 1. The molecule has 0 saturated carbocycles. The lowest BCUT2D eigenvalue weighted by Gasteiger charge is -2.20. The van der Waals surface area contributed by atoms with Crippen molar-refractivity contribution in [1.29, 1.82) is 0 Å². The Bertz CT molecular complexity index is 1040. The number of carbonyl (C=O) groups excluding carboxylic acids is 4. The highest BCUT2D eigenvalue weighted by Gasteiger charge is 2.37. The maximum absolute atomic E-state index is 12.9. The normalized spacial score (nSPS) is 13.1. The molecule has 1 aliphatic rings. The van der Waals surface area contributed by atoms with Crippen molar-refractivity contribution >= 4 is 29.4 Å². The van der Waals surface area contributed by atoms with Gasteiger partial charge in [-0.15, -0.1) is 0 Å². The molecule has 0 aromatic heterocycles. The van der Waals surface area contributed by atoms with Crippen LogP contribution in [0.25, 0.3) is 0 Å². The number of rotatable bonds is 6. The molecule has 8 heteroatoms. The standard InChI is InChI=1S/C23H24N2O6/c1-5-30-16-9-7-15(8-10-16)25-20(27)17-11-6-14(12-18(17)21(25)28)22(29)31-13-19(26)24-23(2,3)4/h6-12H,5,13H2,1-4H3,(H,24,26). The van der Waals surface area contributed by atoms with Crippen LogP contribution in [0.2, 0.25) is 0 Å². The predicted molar refractivity (Wildman–Crippen MR) is 113 cm³/mol. The number of amides is 3. The minimum absolute atomic E-state index is 0.0806. The number of nitrogens with one attached hydrogen (secondary N) is 1. The number of benzene rings is 2. The number of anilines is 1. The van der Waals surface area contributed by atoms with E-state index in [1.54, 1.807) is 24.3 Å². The topological polar surface area (TPSA) is 102 Å². The van der Waals surface area contributed by atoms with Crippen LogP contribution in [0.3, 0.4) is 0 Å². The van der Waals surface area contributed by atoms with Crippen LogP contribution in [0.5, 0.6) is 5.75 Å². The van der Waals surface area contributed by atoms with Gasteiger partial charge in [0.15, 0.2) is 6.61 Å². The zero-order chi connectivity index (χ0) is 22.8. The lowest BCUT2D eigenvalue weighted by molar-refractivity contribution is -0.125. The van der Waals surface area contributed by atoms with Crippen molar-refractivity contribution in [3.05, 3.63) is 59.2 Å². The van der Waals surface area contributed by atoms with E-state index in [0.29, 0.717) is 18.0 Å². The van der Waals surface area contributed by atoms with Crippen molar-refractivity contribution in [2.24, 2.45) is 0 Å². The minimum Gasteiger partial charge on any atom is -0.494 e. The van der Waals surface area contributed by atoms with E-state index in [2.05, 4.69) is 5.32 Å². The summed E-state index contributed by atoms with van der Waals surface area (Å²) in [6, 6.07) is 10.7. The summed E-state index contributed by atoms with van der Waals surface area (Å²) in [5, 5.41) is 2.69. The molecule has 8 nitrogen and oxygen atoms in total. The molecular weight excluding hydrogens is 400 g/mol. The smallest absolute Gasteiger partial charge is 0.338 e. The van der Waals surface area contributed by atoms with Gasteiger partial charge in [0.05, 0.1) is 29.0 Å². The molecule has 1 heterocycles. The summed E-state index contributed by atoms with van der Waals surface area (Å²) >= 11 is 0. The van der Waals surface area contributed by atoms with Gasteiger partial charge in [-0.1, -0.05) is 0 Å². The van der Waals surface area contributed by atoms with E-state index in [0.717, 1.165) is 4.90 Å². The van der Waals surface area contributed by atoms with E-state index >= 15 is 0 Å². The van der Waals surface area contributed by atoms with Crippen molar-refractivity contribution in [3.8, 4) is 5.75 Å². The largest absolute Gasteiger partial charge is 0.494 e. The summed E-state index contributed by atoms with van der Waals surface area (Å²) in [5.74, 6) is -1.58. The fourth-order valence-corrected chi connectivity index (χ4v) is 3.13. The maximum atomic E-state index is 12.9. The van der Waals surface area contributed by atoms with Crippen molar-refractivity contribution < 1.29 is 28.7 Å². The molecule has 3 rings (SSSR count). The molecule has 0 bridgehead atoms. The van der Waals surface area contributed by atoms with Gasteiger partial charge in [-0.25, -0.2) is 9.69 Å². The van der Waals surface area contributed by atoms with Gasteiger partial charge >= 0.3 is 5.97 Å². The first kappa shape index (κ1) is 22.0. The van der Waals surface area contributed by atoms with Gasteiger partial charge in [-0.2, -0.15) is 0 Å². The first-order chi connectivity index (χ1) is 14.6. The van der Waals surface area contributed by atoms with Gasteiger partial charge in [0.1, 0.15) is 5.75 Å². The number of fused-ring (bicyclic) bond motifs is 1. The predicted octanol–water partition coefficient (Wildman–Crippen LogP) is 2.96. The van der Waals surface area contributed by atoms with Crippen LogP contribution in [-0.2, 0) is 9.53 Å². The number of nitrogens with zero attached hydrogens (tertiary/aromatic N) is 1. The molecule has 0 spiro atoms. The molecule has 0 atom stereocenters. The van der Waals surface area contributed by atoms with Crippen LogP contribution in [0.4, 0.5) is 5.69 Å². The molecule has 0 unspecified atom stereocenters.